The van der Waals surface area contributed by atoms with Crippen LogP contribution in [-0.4, -0.2) is 51.9 Å². The summed E-state index contributed by atoms with van der Waals surface area (Å²) < 4.78 is 17.5. The van der Waals surface area contributed by atoms with Crippen molar-refractivity contribution in [3.05, 3.63) is 47.7 Å². The van der Waals surface area contributed by atoms with E-state index in [0.717, 1.165) is 5.56 Å². The van der Waals surface area contributed by atoms with E-state index in [1.165, 1.54) is 16.7 Å². The molecule has 3 aromatic rings. The number of ether oxygens (including phenoxy) is 3. The largest absolute Gasteiger partial charge is 0.485 e. The molecular weight excluding hydrogens is 426 g/mol. The maximum Gasteiger partial charge on any atom is 0.358 e. The molecule has 0 fully saturated rings. The predicted molar refractivity (Wildman–Crippen MR) is 107 cm³/mol. The van der Waals surface area contributed by atoms with Crippen molar-refractivity contribution < 1.29 is 28.6 Å². The van der Waals surface area contributed by atoms with Gasteiger partial charge in [0.1, 0.15) is 11.6 Å². The molecule has 0 aliphatic carbocycles. The molecule has 12 heteroatoms. The molecule has 3 heterocycles. The number of hydrogen-bond donors (Lipinski definition) is 2. The van der Waals surface area contributed by atoms with Gasteiger partial charge in [0.2, 0.25) is 6.10 Å². The fourth-order valence-corrected chi connectivity index (χ4v) is 3.40. The van der Waals surface area contributed by atoms with Crippen LogP contribution in [0.5, 0.6) is 11.5 Å². The summed E-state index contributed by atoms with van der Waals surface area (Å²) in [5.74, 6) is -1.11. The Labute approximate surface area is 179 Å². The third-order valence-electron chi connectivity index (χ3n) is 4.13. The Morgan fingerprint density at radius 3 is 2.84 bits per heavy atom. The topological polar surface area (TPSA) is 134 Å². The zero-order chi connectivity index (χ0) is 21.8. The van der Waals surface area contributed by atoms with Gasteiger partial charge in [-0.2, -0.15) is 5.10 Å². The standard InChI is InChI=1S/C19H17N5O6S/c1-24-7-11(6-20-24)18-21-12(10-31-18)19(27)29-9-16(25)22-23-17(26)15-8-28-13-4-2-3-5-14(13)30-15/h2-7,10,15H,8-9H2,1H3,(H,22,25)(H,23,26). The molecule has 0 saturated heterocycles. The molecule has 0 spiro atoms. The minimum Gasteiger partial charge on any atom is -0.485 e. The van der Waals surface area contributed by atoms with Gasteiger partial charge in [0, 0.05) is 24.2 Å². The highest BCUT2D eigenvalue weighted by Crippen LogP contribution is 2.30. The predicted octanol–water partition coefficient (Wildman–Crippen LogP) is 0.688. The smallest absolute Gasteiger partial charge is 0.358 e. The van der Waals surface area contributed by atoms with Gasteiger partial charge in [-0.3, -0.25) is 25.1 Å². The summed E-state index contributed by atoms with van der Waals surface area (Å²) >= 11 is 1.26. The lowest BCUT2D eigenvalue weighted by atomic mass is 10.2. The van der Waals surface area contributed by atoms with Gasteiger partial charge in [-0.05, 0) is 12.1 Å². The lowest BCUT2D eigenvalue weighted by Crippen LogP contribution is -2.51. The molecule has 4 rings (SSSR count). The molecule has 1 aromatic carbocycles. The summed E-state index contributed by atoms with van der Waals surface area (Å²) in [7, 11) is 1.77. The minimum atomic E-state index is -0.932. The summed E-state index contributed by atoms with van der Waals surface area (Å²) in [6.07, 6.45) is 2.46. The summed E-state index contributed by atoms with van der Waals surface area (Å²) in [4.78, 5) is 40.3. The van der Waals surface area contributed by atoms with E-state index in [2.05, 4.69) is 20.9 Å². The van der Waals surface area contributed by atoms with Crippen LogP contribution >= 0.6 is 11.3 Å². The van der Waals surface area contributed by atoms with E-state index in [1.807, 2.05) is 0 Å². The second-order valence-electron chi connectivity index (χ2n) is 6.42. The number of benzene rings is 1. The highest BCUT2D eigenvalue weighted by Gasteiger charge is 2.27. The Balaban J connectivity index is 1.22. The first-order chi connectivity index (χ1) is 15.0. The highest BCUT2D eigenvalue weighted by molar-refractivity contribution is 7.13. The van der Waals surface area contributed by atoms with Crippen molar-refractivity contribution in [3.63, 3.8) is 0 Å². The van der Waals surface area contributed by atoms with Crippen molar-refractivity contribution >= 4 is 29.1 Å². The summed E-state index contributed by atoms with van der Waals surface area (Å²) in [6, 6.07) is 6.93. The van der Waals surface area contributed by atoms with Crippen LogP contribution in [0.25, 0.3) is 10.6 Å². The van der Waals surface area contributed by atoms with Gasteiger partial charge in [0.25, 0.3) is 11.8 Å². The molecule has 31 heavy (non-hydrogen) atoms. The maximum atomic E-state index is 12.2. The van der Waals surface area contributed by atoms with E-state index in [1.54, 1.807) is 48.4 Å². The number of carbonyl (C=O) groups excluding carboxylic acids is 3. The molecule has 2 aromatic heterocycles. The summed E-state index contributed by atoms with van der Waals surface area (Å²) in [5, 5.41) is 6.18. The average molecular weight is 443 g/mol. The van der Waals surface area contributed by atoms with E-state index < -0.39 is 30.5 Å². The zero-order valence-corrected chi connectivity index (χ0v) is 17.0. The number of nitrogens with zero attached hydrogens (tertiary/aromatic N) is 3. The normalized spacial score (nSPS) is 14.5. The SMILES string of the molecule is Cn1cc(-c2nc(C(=O)OCC(=O)NNC(=O)C3COc4ccccc4O3)cs2)cn1. The lowest BCUT2D eigenvalue weighted by molar-refractivity contribution is -0.135. The molecule has 0 saturated carbocycles. The van der Waals surface area contributed by atoms with Crippen LogP contribution in [-0.2, 0) is 21.4 Å². The van der Waals surface area contributed by atoms with Crippen LogP contribution in [0.1, 0.15) is 10.5 Å². The number of hydrazine groups is 1. The van der Waals surface area contributed by atoms with Crippen molar-refractivity contribution in [2.24, 2.45) is 7.05 Å². The molecule has 2 amide bonds. The Hall–Kier alpha value is -3.93. The third-order valence-corrected chi connectivity index (χ3v) is 5.02. The first-order valence-electron chi connectivity index (χ1n) is 9.08. The molecule has 160 valence electrons. The Morgan fingerprint density at radius 2 is 2.06 bits per heavy atom. The van der Waals surface area contributed by atoms with Gasteiger partial charge in [-0.1, -0.05) is 12.1 Å². The number of fused-ring (bicyclic) bond motifs is 1. The monoisotopic (exact) mass is 443 g/mol. The van der Waals surface area contributed by atoms with Crippen LogP contribution in [0.4, 0.5) is 0 Å². The summed E-state index contributed by atoms with van der Waals surface area (Å²) in [5.41, 5.74) is 5.22. The van der Waals surface area contributed by atoms with Gasteiger partial charge in [0.05, 0.1) is 6.20 Å². The summed E-state index contributed by atoms with van der Waals surface area (Å²) in [6.45, 7) is -0.597. The minimum absolute atomic E-state index is 0.00318. The molecule has 1 aliphatic heterocycles. The second kappa shape index (κ2) is 8.83. The number of esters is 1. The number of rotatable bonds is 5. The number of thiazole rings is 1. The number of para-hydroxylation sites is 2. The Bertz CT molecular complexity index is 1130. The number of carbonyl (C=O) groups is 3. The number of amides is 2. The van der Waals surface area contributed by atoms with Crippen LogP contribution in [0.15, 0.2) is 42.0 Å². The van der Waals surface area contributed by atoms with E-state index in [9.17, 15) is 14.4 Å². The number of nitrogens with one attached hydrogen (secondary N) is 2. The first kappa shape index (κ1) is 20.3. The number of aryl methyl sites for hydroxylation is 1. The van der Waals surface area contributed by atoms with E-state index >= 15 is 0 Å². The van der Waals surface area contributed by atoms with Crippen molar-refractivity contribution in [3.8, 4) is 22.1 Å². The van der Waals surface area contributed by atoms with Crippen molar-refractivity contribution in [1.29, 1.82) is 0 Å². The Morgan fingerprint density at radius 1 is 1.26 bits per heavy atom. The van der Waals surface area contributed by atoms with Gasteiger partial charge in [0.15, 0.2) is 23.8 Å². The van der Waals surface area contributed by atoms with Gasteiger partial charge < -0.3 is 14.2 Å². The first-order valence-corrected chi connectivity index (χ1v) is 9.96. The molecule has 1 aliphatic rings. The van der Waals surface area contributed by atoms with Crippen molar-refractivity contribution in [2.75, 3.05) is 13.2 Å². The van der Waals surface area contributed by atoms with Gasteiger partial charge >= 0.3 is 5.97 Å². The fraction of sp³-hybridized carbons (Fsp3) is 0.211. The van der Waals surface area contributed by atoms with Crippen LogP contribution in [0.3, 0.4) is 0 Å². The third kappa shape index (κ3) is 4.80. The quantitative estimate of drug-likeness (QED) is 0.435. The molecule has 11 nitrogen and oxygen atoms in total. The van der Waals surface area contributed by atoms with Gasteiger partial charge in [-0.15, -0.1) is 11.3 Å². The number of hydrogen-bond acceptors (Lipinski definition) is 9. The molecule has 1 atom stereocenters. The molecular formula is C19H17N5O6S. The fourth-order valence-electron chi connectivity index (χ4n) is 2.63. The van der Waals surface area contributed by atoms with E-state index in [4.69, 9.17) is 14.2 Å². The lowest BCUT2D eigenvalue weighted by Gasteiger charge is -2.25. The van der Waals surface area contributed by atoms with Crippen LogP contribution < -0.4 is 20.3 Å². The molecule has 0 bridgehead atoms. The van der Waals surface area contributed by atoms with E-state index in [-0.39, 0.29) is 12.3 Å². The van der Waals surface area contributed by atoms with Crippen molar-refractivity contribution in [1.82, 2.24) is 25.6 Å². The molecule has 1 unspecified atom stereocenters. The van der Waals surface area contributed by atoms with Gasteiger partial charge in [-0.25, -0.2) is 9.78 Å². The van der Waals surface area contributed by atoms with Crippen LogP contribution in [0.2, 0.25) is 0 Å². The molecule has 0 radical (unpaired) electrons. The average Bonchev–Trinajstić information content (AvgIpc) is 3.44. The van der Waals surface area contributed by atoms with Crippen LogP contribution in [0, 0.1) is 0 Å². The number of aromatic nitrogens is 3. The zero-order valence-electron chi connectivity index (χ0n) is 16.2. The Kier molecular flexibility index (Phi) is 5.80. The van der Waals surface area contributed by atoms with Crippen molar-refractivity contribution in [2.45, 2.75) is 6.10 Å². The highest BCUT2D eigenvalue weighted by atomic mass is 32.1. The molecule has 2 N–H and O–H groups in total. The maximum absolute atomic E-state index is 12.2. The second-order valence-corrected chi connectivity index (χ2v) is 7.28. The van der Waals surface area contributed by atoms with E-state index in [0.29, 0.717) is 16.5 Å².